The summed E-state index contributed by atoms with van der Waals surface area (Å²) >= 11 is 1.62. The van der Waals surface area contributed by atoms with Gasteiger partial charge in [0.25, 0.3) is 5.91 Å². The second-order valence-corrected chi connectivity index (χ2v) is 12.1. The second-order valence-electron chi connectivity index (χ2n) is 10.9. The van der Waals surface area contributed by atoms with Crippen molar-refractivity contribution in [3.05, 3.63) is 94.8 Å². The number of fused-ring (bicyclic) bond motifs is 3. The van der Waals surface area contributed by atoms with E-state index in [1.807, 2.05) is 34.9 Å². The summed E-state index contributed by atoms with van der Waals surface area (Å²) in [5.41, 5.74) is 2.23. The van der Waals surface area contributed by atoms with Gasteiger partial charge in [-0.15, -0.1) is 11.8 Å². The van der Waals surface area contributed by atoms with Crippen LogP contribution in [0.5, 0.6) is 11.5 Å². The number of aromatic nitrogens is 3. The molecule has 9 heteroatoms. The highest BCUT2D eigenvalue weighted by Crippen LogP contribution is 2.43. The highest BCUT2D eigenvalue weighted by Gasteiger charge is 2.26. The predicted molar refractivity (Wildman–Crippen MR) is 166 cm³/mol. The molecule has 42 heavy (non-hydrogen) atoms. The minimum Gasteiger partial charge on any atom is -0.453 e. The molecular formula is C33H31N5O3S. The van der Waals surface area contributed by atoms with E-state index in [-0.39, 0.29) is 16.9 Å². The first kappa shape index (κ1) is 26.7. The average molecular weight is 578 g/mol. The molecule has 5 aromatic rings. The van der Waals surface area contributed by atoms with Crippen LogP contribution in [-0.2, 0) is 6.42 Å². The van der Waals surface area contributed by atoms with E-state index in [1.54, 1.807) is 36.5 Å². The minimum atomic E-state index is -0.345. The number of rotatable bonds is 8. The Kier molecular flexibility index (Phi) is 7.13. The van der Waals surface area contributed by atoms with Gasteiger partial charge in [-0.25, -0.2) is 0 Å². The number of carbonyl (C=O) groups excluding carboxylic acids is 1. The van der Waals surface area contributed by atoms with Crippen molar-refractivity contribution in [3.8, 4) is 17.2 Å². The van der Waals surface area contributed by atoms with Gasteiger partial charge in [0.1, 0.15) is 11.1 Å². The zero-order valence-electron chi connectivity index (χ0n) is 23.4. The zero-order chi connectivity index (χ0) is 28.6. The molecule has 1 N–H and O–H groups in total. The van der Waals surface area contributed by atoms with Crippen molar-refractivity contribution in [1.29, 1.82) is 0 Å². The van der Waals surface area contributed by atoms with Crippen LogP contribution in [0.4, 0.5) is 0 Å². The molecule has 4 heterocycles. The van der Waals surface area contributed by atoms with E-state index in [0.29, 0.717) is 35.0 Å². The second kappa shape index (κ2) is 11.2. The largest absolute Gasteiger partial charge is 0.453 e. The molecule has 0 radical (unpaired) electrons. The van der Waals surface area contributed by atoms with Gasteiger partial charge in [0, 0.05) is 54.4 Å². The molecule has 0 aliphatic carbocycles. The lowest BCUT2D eigenvalue weighted by molar-refractivity contribution is 0.0949. The first-order chi connectivity index (χ1) is 20.5. The molecule has 0 spiro atoms. The lowest BCUT2D eigenvalue weighted by Crippen LogP contribution is -2.34. The fraction of sp³-hybridized carbons (Fsp3) is 0.273. The molecule has 1 atom stereocenters. The highest BCUT2D eigenvalue weighted by atomic mass is 32.2. The highest BCUT2D eigenvalue weighted by molar-refractivity contribution is 7.99. The lowest BCUT2D eigenvalue weighted by atomic mass is 10.0. The normalized spacial score (nSPS) is 16.0. The van der Waals surface area contributed by atoms with Gasteiger partial charge in [-0.3, -0.25) is 19.6 Å². The van der Waals surface area contributed by atoms with Crippen molar-refractivity contribution >= 4 is 39.3 Å². The maximum atomic E-state index is 13.9. The number of pyridine rings is 1. The Morgan fingerprint density at radius 1 is 1.12 bits per heavy atom. The molecule has 1 fully saturated rings. The number of amides is 1. The standard InChI is InChI=1S/C33H31N5O3S/c1-37-13-4-7-24(37)8-10-36-33(40)27-20-38-28-15-21-5-2-3-6-22(21)16-29(28)41-30-18-25(17-26(31(30)38)32(27)39)42-14-9-23-19-34-11-12-35-23/h2-3,5-6,11-12,15-20,24H,4,7-10,13-14H2,1H3,(H,36,40). The molecule has 1 amide bonds. The Bertz CT molecular complexity index is 1870. The summed E-state index contributed by atoms with van der Waals surface area (Å²) in [6.45, 7) is 1.62. The Hall–Kier alpha value is -4.21. The number of likely N-dealkylation sites (tertiary alicyclic amines) is 1. The number of nitrogens with one attached hydrogen (secondary N) is 1. The van der Waals surface area contributed by atoms with Gasteiger partial charge >= 0.3 is 0 Å². The summed E-state index contributed by atoms with van der Waals surface area (Å²) in [5, 5.41) is 5.61. The van der Waals surface area contributed by atoms with Gasteiger partial charge < -0.3 is 19.5 Å². The van der Waals surface area contributed by atoms with Crippen LogP contribution in [0.3, 0.4) is 0 Å². The summed E-state index contributed by atoms with van der Waals surface area (Å²) in [5.74, 6) is 1.70. The number of nitrogens with zero attached hydrogens (tertiary/aromatic N) is 4. The van der Waals surface area contributed by atoms with Crippen molar-refractivity contribution in [2.24, 2.45) is 0 Å². The molecule has 8 nitrogen and oxygen atoms in total. The minimum absolute atomic E-state index is 0.135. The number of hydrogen-bond acceptors (Lipinski definition) is 7. The number of benzene rings is 3. The van der Waals surface area contributed by atoms with Crippen LogP contribution in [0.25, 0.3) is 27.4 Å². The first-order valence-electron chi connectivity index (χ1n) is 14.4. The van der Waals surface area contributed by atoms with Crippen LogP contribution >= 0.6 is 11.8 Å². The van der Waals surface area contributed by atoms with Crippen LogP contribution in [0.15, 0.2) is 83.0 Å². The zero-order valence-corrected chi connectivity index (χ0v) is 24.2. The smallest absolute Gasteiger partial charge is 0.256 e. The van der Waals surface area contributed by atoms with Crippen LogP contribution in [0.2, 0.25) is 0 Å². The Morgan fingerprint density at radius 3 is 2.76 bits per heavy atom. The Labute approximate surface area is 247 Å². The Balaban J connectivity index is 1.27. The predicted octanol–water partition coefficient (Wildman–Crippen LogP) is 5.59. The first-order valence-corrected chi connectivity index (χ1v) is 15.3. The monoisotopic (exact) mass is 577 g/mol. The summed E-state index contributed by atoms with van der Waals surface area (Å²) in [6, 6.07) is 16.5. The van der Waals surface area contributed by atoms with E-state index in [1.165, 1.54) is 6.42 Å². The maximum Gasteiger partial charge on any atom is 0.256 e. The molecule has 1 saturated heterocycles. The molecule has 212 valence electrons. The number of carbonyl (C=O) groups is 1. The molecule has 0 saturated carbocycles. The summed E-state index contributed by atoms with van der Waals surface area (Å²) in [4.78, 5) is 39.1. The van der Waals surface area contributed by atoms with Crippen molar-refractivity contribution in [2.75, 3.05) is 25.9 Å². The molecule has 3 aromatic carbocycles. The Morgan fingerprint density at radius 2 is 1.98 bits per heavy atom. The SMILES string of the molecule is CN1CCCC1CCNC(=O)c1cn2c3c(cc(SCCc4cnccn4)cc3c1=O)Oc1cc3ccccc3cc1-2. The molecule has 7 rings (SSSR count). The van der Waals surface area contributed by atoms with E-state index in [2.05, 4.69) is 45.4 Å². The summed E-state index contributed by atoms with van der Waals surface area (Å²) in [7, 11) is 2.13. The maximum absolute atomic E-state index is 13.9. The van der Waals surface area contributed by atoms with E-state index < -0.39 is 0 Å². The van der Waals surface area contributed by atoms with Crippen LogP contribution in [0.1, 0.15) is 35.3 Å². The van der Waals surface area contributed by atoms with E-state index in [4.69, 9.17) is 4.74 Å². The van der Waals surface area contributed by atoms with Crippen molar-refractivity contribution in [2.45, 2.75) is 36.6 Å². The molecular weight excluding hydrogens is 546 g/mol. The third-order valence-electron chi connectivity index (χ3n) is 8.27. The van der Waals surface area contributed by atoms with Gasteiger partial charge in [0.2, 0.25) is 5.43 Å². The molecule has 2 aromatic heterocycles. The quantitative estimate of drug-likeness (QED) is 0.236. The van der Waals surface area contributed by atoms with Crippen LogP contribution < -0.4 is 15.5 Å². The van der Waals surface area contributed by atoms with Gasteiger partial charge in [-0.05, 0) is 67.9 Å². The molecule has 1 unspecified atom stereocenters. The van der Waals surface area contributed by atoms with Gasteiger partial charge in [0.05, 0.1) is 16.8 Å². The average Bonchev–Trinajstić information content (AvgIpc) is 3.42. The van der Waals surface area contributed by atoms with E-state index >= 15 is 0 Å². The van der Waals surface area contributed by atoms with Gasteiger partial charge in [-0.1, -0.05) is 24.3 Å². The molecule has 2 aliphatic heterocycles. The van der Waals surface area contributed by atoms with Gasteiger partial charge in [0.15, 0.2) is 11.5 Å². The third-order valence-corrected chi connectivity index (χ3v) is 9.24. The number of ether oxygens (including phenoxy) is 1. The summed E-state index contributed by atoms with van der Waals surface area (Å²) in [6.07, 6.45) is 10.7. The fourth-order valence-electron chi connectivity index (χ4n) is 6.03. The molecule has 2 aliphatic rings. The van der Waals surface area contributed by atoms with Crippen molar-refractivity contribution in [1.82, 2.24) is 24.8 Å². The van der Waals surface area contributed by atoms with Crippen LogP contribution in [-0.4, -0.2) is 57.3 Å². The molecule has 0 bridgehead atoms. The lowest BCUT2D eigenvalue weighted by Gasteiger charge is -2.25. The third kappa shape index (κ3) is 5.03. The topological polar surface area (TPSA) is 89.4 Å². The summed E-state index contributed by atoms with van der Waals surface area (Å²) < 4.78 is 8.40. The number of aryl methyl sites for hydroxylation is 1. The fourth-order valence-corrected chi connectivity index (χ4v) is 6.97. The van der Waals surface area contributed by atoms with E-state index in [9.17, 15) is 9.59 Å². The van der Waals surface area contributed by atoms with E-state index in [0.717, 1.165) is 58.6 Å². The number of hydrogen-bond donors (Lipinski definition) is 1. The van der Waals surface area contributed by atoms with Crippen molar-refractivity contribution < 1.29 is 9.53 Å². The number of thioether (sulfide) groups is 1. The van der Waals surface area contributed by atoms with Crippen molar-refractivity contribution in [3.63, 3.8) is 0 Å². The van der Waals surface area contributed by atoms with Gasteiger partial charge in [-0.2, -0.15) is 0 Å². The van der Waals surface area contributed by atoms with Crippen LogP contribution in [0, 0.1) is 0 Å².